The smallest absolute Gasteiger partial charge is 0.228 e. The summed E-state index contributed by atoms with van der Waals surface area (Å²) in [4.78, 5) is 12.1. The van der Waals surface area contributed by atoms with Crippen LogP contribution in [-0.4, -0.2) is 25.2 Å². The van der Waals surface area contributed by atoms with Crippen molar-refractivity contribution in [2.75, 3.05) is 18.5 Å². The second-order valence-electron chi connectivity index (χ2n) is 6.05. The maximum absolute atomic E-state index is 12.1. The van der Waals surface area contributed by atoms with E-state index in [1.807, 2.05) is 68.4 Å². The van der Waals surface area contributed by atoms with E-state index in [0.29, 0.717) is 19.8 Å². The van der Waals surface area contributed by atoms with Gasteiger partial charge in [0.25, 0.3) is 0 Å². The molecule has 2 aromatic rings. The first-order valence-electron chi connectivity index (χ1n) is 8.47. The van der Waals surface area contributed by atoms with Crippen molar-refractivity contribution >= 4 is 11.6 Å². The number of para-hydroxylation sites is 1. The lowest BCUT2D eigenvalue weighted by Gasteiger charge is -2.15. The Balaban J connectivity index is 1.74. The van der Waals surface area contributed by atoms with Crippen molar-refractivity contribution in [1.29, 1.82) is 0 Å². The van der Waals surface area contributed by atoms with E-state index in [2.05, 4.69) is 5.32 Å². The van der Waals surface area contributed by atoms with Crippen LogP contribution >= 0.6 is 0 Å². The van der Waals surface area contributed by atoms with Crippen molar-refractivity contribution < 1.29 is 14.3 Å². The normalized spacial score (nSPS) is 13.1. The van der Waals surface area contributed by atoms with Crippen LogP contribution in [-0.2, 0) is 16.1 Å². The highest BCUT2D eigenvalue weighted by molar-refractivity contribution is 5.92. The van der Waals surface area contributed by atoms with Crippen molar-refractivity contribution in [2.45, 2.75) is 26.5 Å². The van der Waals surface area contributed by atoms with Gasteiger partial charge in [-0.1, -0.05) is 37.3 Å². The molecule has 0 saturated heterocycles. The van der Waals surface area contributed by atoms with Crippen LogP contribution in [0.1, 0.15) is 19.4 Å². The van der Waals surface area contributed by atoms with E-state index in [1.165, 1.54) is 0 Å². The second kappa shape index (κ2) is 9.81. The number of carbonyl (C=O) groups is 1. The molecule has 134 valence electrons. The SMILES string of the molecule is CC(N)C(C)C(=O)Nc1cccc(COCCOc2ccccc2)c1. The van der Waals surface area contributed by atoms with Crippen molar-refractivity contribution in [3.8, 4) is 5.75 Å². The van der Waals surface area contributed by atoms with Crippen molar-refractivity contribution in [2.24, 2.45) is 11.7 Å². The lowest BCUT2D eigenvalue weighted by molar-refractivity contribution is -0.119. The molecule has 2 unspecified atom stereocenters. The molecule has 1 amide bonds. The van der Waals surface area contributed by atoms with Crippen LogP contribution in [0.15, 0.2) is 54.6 Å². The van der Waals surface area contributed by atoms with Crippen LogP contribution in [0.25, 0.3) is 0 Å². The van der Waals surface area contributed by atoms with E-state index in [9.17, 15) is 4.79 Å². The highest BCUT2D eigenvalue weighted by Gasteiger charge is 2.16. The summed E-state index contributed by atoms with van der Waals surface area (Å²) < 4.78 is 11.2. The van der Waals surface area contributed by atoms with E-state index in [-0.39, 0.29) is 17.9 Å². The number of benzene rings is 2. The number of carbonyl (C=O) groups excluding carboxylic acids is 1. The largest absolute Gasteiger partial charge is 0.491 e. The third-order valence-corrected chi connectivity index (χ3v) is 3.91. The Bertz CT molecular complexity index is 659. The molecule has 0 bridgehead atoms. The van der Waals surface area contributed by atoms with Gasteiger partial charge >= 0.3 is 0 Å². The number of nitrogens with two attached hydrogens (primary N) is 1. The molecule has 2 atom stereocenters. The predicted molar refractivity (Wildman–Crippen MR) is 99.5 cm³/mol. The van der Waals surface area contributed by atoms with Gasteiger partial charge in [0.15, 0.2) is 0 Å². The third-order valence-electron chi connectivity index (χ3n) is 3.91. The summed E-state index contributed by atoms with van der Waals surface area (Å²) in [6.07, 6.45) is 0. The topological polar surface area (TPSA) is 73.6 Å². The molecule has 0 radical (unpaired) electrons. The highest BCUT2D eigenvalue weighted by Crippen LogP contribution is 2.14. The summed E-state index contributed by atoms with van der Waals surface area (Å²) in [5.74, 6) is 0.512. The molecule has 0 aliphatic carbocycles. The van der Waals surface area contributed by atoms with E-state index in [4.69, 9.17) is 15.2 Å². The summed E-state index contributed by atoms with van der Waals surface area (Å²) in [7, 11) is 0. The van der Waals surface area contributed by atoms with Crippen molar-refractivity contribution in [3.63, 3.8) is 0 Å². The summed E-state index contributed by atoms with van der Waals surface area (Å²) in [5, 5.41) is 2.89. The maximum Gasteiger partial charge on any atom is 0.228 e. The van der Waals surface area contributed by atoms with Gasteiger partial charge in [-0.05, 0) is 36.8 Å². The average molecular weight is 342 g/mol. The van der Waals surface area contributed by atoms with Crippen LogP contribution in [0, 0.1) is 5.92 Å². The third kappa shape index (κ3) is 6.57. The number of amides is 1. The quantitative estimate of drug-likeness (QED) is 0.686. The molecular weight excluding hydrogens is 316 g/mol. The summed E-state index contributed by atoms with van der Waals surface area (Å²) in [6.45, 7) is 5.09. The Morgan fingerprint density at radius 2 is 1.84 bits per heavy atom. The van der Waals surface area contributed by atoms with Gasteiger partial charge in [-0.2, -0.15) is 0 Å². The van der Waals surface area contributed by atoms with Crippen molar-refractivity contribution in [3.05, 3.63) is 60.2 Å². The Morgan fingerprint density at radius 3 is 2.56 bits per heavy atom. The van der Waals surface area contributed by atoms with Gasteiger partial charge in [0.1, 0.15) is 12.4 Å². The summed E-state index contributed by atoms with van der Waals surface area (Å²) in [6, 6.07) is 17.1. The molecule has 0 heterocycles. The highest BCUT2D eigenvalue weighted by atomic mass is 16.5. The maximum atomic E-state index is 12.1. The van der Waals surface area contributed by atoms with E-state index in [1.54, 1.807) is 0 Å². The van der Waals surface area contributed by atoms with E-state index >= 15 is 0 Å². The van der Waals surface area contributed by atoms with Gasteiger partial charge in [0, 0.05) is 11.7 Å². The zero-order valence-electron chi connectivity index (χ0n) is 14.8. The predicted octanol–water partition coefficient (Wildman–Crippen LogP) is 3.20. The molecule has 0 aliphatic heterocycles. The van der Waals surface area contributed by atoms with E-state index < -0.39 is 0 Å². The van der Waals surface area contributed by atoms with Crippen LogP contribution in [0.5, 0.6) is 5.75 Å². The Kier molecular flexibility index (Phi) is 7.44. The Hall–Kier alpha value is -2.37. The minimum absolute atomic E-state index is 0.0793. The first-order chi connectivity index (χ1) is 12.1. The number of nitrogens with one attached hydrogen (secondary N) is 1. The van der Waals surface area contributed by atoms with Crippen LogP contribution in [0.4, 0.5) is 5.69 Å². The lowest BCUT2D eigenvalue weighted by atomic mass is 10.0. The number of anilines is 1. The fourth-order valence-electron chi connectivity index (χ4n) is 2.16. The number of rotatable bonds is 9. The molecule has 0 spiro atoms. The summed E-state index contributed by atoms with van der Waals surface area (Å²) in [5.41, 5.74) is 7.50. The monoisotopic (exact) mass is 342 g/mol. The lowest BCUT2D eigenvalue weighted by Crippen LogP contribution is -2.34. The molecule has 0 aromatic heterocycles. The number of hydrogen-bond acceptors (Lipinski definition) is 4. The zero-order chi connectivity index (χ0) is 18.1. The molecule has 5 heteroatoms. The molecule has 5 nitrogen and oxygen atoms in total. The minimum Gasteiger partial charge on any atom is -0.491 e. The second-order valence-corrected chi connectivity index (χ2v) is 6.05. The zero-order valence-corrected chi connectivity index (χ0v) is 14.8. The average Bonchev–Trinajstić information content (AvgIpc) is 2.62. The van der Waals surface area contributed by atoms with Crippen molar-refractivity contribution in [1.82, 2.24) is 0 Å². The minimum atomic E-state index is -0.241. The number of hydrogen-bond donors (Lipinski definition) is 2. The fourth-order valence-corrected chi connectivity index (χ4v) is 2.16. The number of ether oxygens (including phenoxy) is 2. The van der Waals surface area contributed by atoms with Crippen LogP contribution < -0.4 is 15.8 Å². The molecular formula is C20H26N2O3. The molecule has 3 N–H and O–H groups in total. The molecule has 2 rings (SSSR count). The molecule has 0 aliphatic rings. The molecule has 0 fully saturated rings. The van der Waals surface area contributed by atoms with Gasteiger partial charge < -0.3 is 20.5 Å². The first-order valence-corrected chi connectivity index (χ1v) is 8.47. The first kappa shape index (κ1) is 19.0. The van der Waals surface area contributed by atoms with Gasteiger partial charge in [-0.25, -0.2) is 0 Å². The fraction of sp³-hybridized carbons (Fsp3) is 0.350. The van der Waals surface area contributed by atoms with E-state index in [0.717, 1.165) is 17.0 Å². The Labute approximate surface area is 149 Å². The molecule has 0 saturated carbocycles. The van der Waals surface area contributed by atoms with Gasteiger partial charge in [0.05, 0.1) is 19.1 Å². The van der Waals surface area contributed by atoms with Gasteiger partial charge in [0.2, 0.25) is 5.91 Å². The van der Waals surface area contributed by atoms with Crippen LogP contribution in [0.2, 0.25) is 0 Å². The molecule has 25 heavy (non-hydrogen) atoms. The Morgan fingerprint density at radius 1 is 1.08 bits per heavy atom. The van der Waals surface area contributed by atoms with Crippen LogP contribution in [0.3, 0.4) is 0 Å². The standard InChI is InChI=1S/C20H26N2O3/c1-15(16(2)21)20(23)22-18-8-6-7-17(13-18)14-24-11-12-25-19-9-4-3-5-10-19/h3-10,13,15-16H,11-12,14,21H2,1-2H3,(H,22,23). The summed E-state index contributed by atoms with van der Waals surface area (Å²) >= 11 is 0. The van der Waals surface area contributed by atoms with Gasteiger partial charge in [-0.3, -0.25) is 4.79 Å². The molecule has 2 aromatic carbocycles. The van der Waals surface area contributed by atoms with Gasteiger partial charge in [-0.15, -0.1) is 0 Å².